The highest BCUT2D eigenvalue weighted by molar-refractivity contribution is 5.94. The number of aromatic nitrogens is 2. The summed E-state index contributed by atoms with van der Waals surface area (Å²) in [5.41, 5.74) is 3.59. The number of likely N-dealkylation sites (N-methyl/N-ethyl adjacent to an activating group) is 1. The molecule has 1 amide bonds. The number of fused-ring (bicyclic) bond motifs is 1. The topological polar surface area (TPSA) is 41.4 Å². The zero-order valence-electron chi connectivity index (χ0n) is 14.5. The molecule has 2 heterocycles. The third kappa shape index (κ3) is 3.06. The molecule has 5 nitrogen and oxygen atoms in total. The van der Waals surface area contributed by atoms with Crippen molar-refractivity contribution in [2.45, 2.75) is 25.7 Å². The SMILES string of the molecule is CN1CCN(C(=O)c2nn(-c3ccc(F)cc3)c3c2CCCC3)CC1. The maximum Gasteiger partial charge on any atom is 0.274 e. The van der Waals surface area contributed by atoms with Crippen molar-refractivity contribution in [3.63, 3.8) is 0 Å². The van der Waals surface area contributed by atoms with Gasteiger partial charge in [0.2, 0.25) is 0 Å². The van der Waals surface area contributed by atoms with Crippen LogP contribution in [0.2, 0.25) is 0 Å². The molecule has 0 spiro atoms. The molecule has 1 aliphatic carbocycles. The quantitative estimate of drug-likeness (QED) is 0.841. The van der Waals surface area contributed by atoms with Gasteiger partial charge in [0.1, 0.15) is 5.82 Å². The first-order chi connectivity index (χ1) is 12.1. The Labute approximate surface area is 147 Å². The number of piperazine rings is 1. The number of nitrogens with zero attached hydrogens (tertiary/aromatic N) is 4. The van der Waals surface area contributed by atoms with E-state index in [-0.39, 0.29) is 11.7 Å². The summed E-state index contributed by atoms with van der Waals surface area (Å²) >= 11 is 0. The Morgan fingerprint density at radius 2 is 1.72 bits per heavy atom. The predicted molar refractivity (Wildman–Crippen MR) is 93.6 cm³/mol. The summed E-state index contributed by atoms with van der Waals surface area (Å²) in [7, 11) is 2.08. The molecule has 0 unspecified atom stereocenters. The van der Waals surface area contributed by atoms with Gasteiger partial charge in [0.15, 0.2) is 5.69 Å². The van der Waals surface area contributed by atoms with Crippen molar-refractivity contribution in [1.82, 2.24) is 19.6 Å². The first-order valence-corrected chi connectivity index (χ1v) is 8.98. The van der Waals surface area contributed by atoms with Gasteiger partial charge in [0, 0.05) is 37.4 Å². The molecular weight excluding hydrogens is 319 g/mol. The Hall–Kier alpha value is -2.21. The molecule has 4 rings (SSSR count). The fraction of sp³-hybridized carbons (Fsp3) is 0.474. The molecule has 1 saturated heterocycles. The lowest BCUT2D eigenvalue weighted by molar-refractivity contribution is 0.0656. The van der Waals surface area contributed by atoms with Crippen LogP contribution in [0.25, 0.3) is 5.69 Å². The zero-order chi connectivity index (χ0) is 17.4. The van der Waals surface area contributed by atoms with E-state index in [4.69, 9.17) is 0 Å². The van der Waals surface area contributed by atoms with Crippen molar-refractivity contribution in [2.75, 3.05) is 33.2 Å². The van der Waals surface area contributed by atoms with E-state index < -0.39 is 0 Å². The molecule has 132 valence electrons. The van der Waals surface area contributed by atoms with Crippen LogP contribution in [-0.2, 0) is 12.8 Å². The standard InChI is InChI=1S/C19H23FN4O/c1-22-10-12-23(13-11-22)19(25)18-16-4-2-3-5-17(16)24(21-18)15-8-6-14(20)7-9-15/h6-9H,2-5,10-13H2,1H3. The molecule has 0 atom stereocenters. The fourth-order valence-corrected chi connectivity index (χ4v) is 3.73. The molecule has 2 aromatic rings. The van der Waals surface area contributed by atoms with Crippen molar-refractivity contribution in [1.29, 1.82) is 0 Å². The number of hydrogen-bond donors (Lipinski definition) is 0. The summed E-state index contributed by atoms with van der Waals surface area (Å²) in [5.74, 6) is -0.231. The maximum absolute atomic E-state index is 13.3. The van der Waals surface area contributed by atoms with Crippen LogP contribution in [0.15, 0.2) is 24.3 Å². The highest BCUT2D eigenvalue weighted by Crippen LogP contribution is 2.28. The normalized spacial score (nSPS) is 18.2. The first-order valence-electron chi connectivity index (χ1n) is 8.98. The summed E-state index contributed by atoms with van der Waals surface area (Å²) in [4.78, 5) is 17.2. The lowest BCUT2D eigenvalue weighted by Crippen LogP contribution is -2.47. The van der Waals surface area contributed by atoms with Gasteiger partial charge in [0.25, 0.3) is 5.91 Å². The summed E-state index contributed by atoms with van der Waals surface area (Å²) in [5, 5.41) is 4.68. The third-order valence-electron chi connectivity index (χ3n) is 5.24. The maximum atomic E-state index is 13.3. The van der Waals surface area contributed by atoms with E-state index in [1.807, 2.05) is 9.58 Å². The van der Waals surface area contributed by atoms with E-state index in [0.717, 1.165) is 68.8 Å². The summed E-state index contributed by atoms with van der Waals surface area (Å²) in [6, 6.07) is 6.32. The minimum absolute atomic E-state index is 0.0344. The van der Waals surface area contributed by atoms with Gasteiger partial charge in [-0.15, -0.1) is 0 Å². The van der Waals surface area contributed by atoms with Crippen LogP contribution in [0.1, 0.15) is 34.6 Å². The van der Waals surface area contributed by atoms with Gasteiger partial charge in [-0.2, -0.15) is 5.10 Å². The van der Waals surface area contributed by atoms with Crippen molar-refractivity contribution in [2.24, 2.45) is 0 Å². The highest BCUT2D eigenvalue weighted by Gasteiger charge is 2.29. The smallest absolute Gasteiger partial charge is 0.274 e. The van der Waals surface area contributed by atoms with Gasteiger partial charge in [-0.25, -0.2) is 9.07 Å². The Bertz CT molecular complexity index is 775. The molecule has 2 aliphatic rings. The molecule has 1 fully saturated rings. The Kier molecular flexibility index (Phi) is 4.29. The lowest BCUT2D eigenvalue weighted by atomic mass is 9.95. The van der Waals surface area contributed by atoms with Crippen LogP contribution in [0, 0.1) is 5.82 Å². The summed E-state index contributed by atoms with van der Waals surface area (Å²) in [6.07, 6.45) is 3.99. The Morgan fingerprint density at radius 1 is 1.04 bits per heavy atom. The minimum Gasteiger partial charge on any atom is -0.335 e. The molecule has 0 radical (unpaired) electrons. The summed E-state index contributed by atoms with van der Waals surface area (Å²) in [6.45, 7) is 3.28. The number of hydrogen-bond acceptors (Lipinski definition) is 3. The Morgan fingerprint density at radius 3 is 2.44 bits per heavy atom. The second kappa shape index (κ2) is 6.59. The molecule has 0 saturated carbocycles. The predicted octanol–water partition coefficient (Wildman–Crippen LogP) is 2.28. The van der Waals surface area contributed by atoms with Gasteiger partial charge >= 0.3 is 0 Å². The van der Waals surface area contributed by atoms with Gasteiger partial charge in [-0.1, -0.05) is 0 Å². The average Bonchev–Trinajstić information content (AvgIpc) is 3.02. The molecule has 0 N–H and O–H groups in total. The van der Waals surface area contributed by atoms with E-state index in [0.29, 0.717) is 5.69 Å². The molecule has 0 bridgehead atoms. The van der Waals surface area contributed by atoms with Gasteiger partial charge in [0.05, 0.1) is 5.69 Å². The van der Waals surface area contributed by atoms with Crippen LogP contribution in [0.4, 0.5) is 4.39 Å². The number of rotatable bonds is 2. The van der Waals surface area contributed by atoms with Gasteiger partial charge < -0.3 is 9.80 Å². The number of carbonyl (C=O) groups is 1. The molecule has 1 aliphatic heterocycles. The number of carbonyl (C=O) groups excluding carboxylic acids is 1. The number of amides is 1. The molecule has 1 aromatic carbocycles. The average molecular weight is 342 g/mol. The third-order valence-corrected chi connectivity index (χ3v) is 5.24. The van der Waals surface area contributed by atoms with Crippen LogP contribution >= 0.6 is 0 Å². The second-order valence-corrected chi connectivity index (χ2v) is 6.96. The van der Waals surface area contributed by atoms with Crippen molar-refractivity contribution in [3.8, 4) is 5.69 Å². The van der Waals surface area contributed by atoms with E-state index in [2.05, 4.69) is 17.0 Å². The van der Waals surface area contributed by atoms with E-state index in [9.17, 15) is 9.18 Å². The van der Waals surface area contributed by atoms with Crippen LogP contribution in [0.5, 0.6) is 0 Å². The van der Waals surface area contributed by atoms with Gasteiger partial charge in [-0.05, 0) is 57.0 Å². The van der Waals surface area contributed by atoms with E-state index in [1.165, 1.54) is 12.1 Å². The monoisotopic (exact) mass is 342 g/mol. The molecule has 1 aromatic heterocycles. The first kappa shape index (κ1) is 16.3. The van der Waals surface area contributed by atoms with Crippen LogP contribution < -0.4 is 0 Å². The van der Waals surface area contributed by atoms with Crippen molar-refractivity contribution >= 4 is 5.91 Å². The zero-order valence-corrected chi connectivity index (χ0v) is 14.5. The molecular formula is C19H23FN4O. The second-order valence-electron chi connectivity index (χ2n) is 6.96. The van der Waals surface area contributed by atoms with Crippen LogP contribution in [-0.4, -0.2) is 58.7 Å². The van der Waals surface area contributed by atoms with Crippen LogP contribution in [0.3, 0.4) is 0 Å². The fourth-order valence-electron chi connectivity index (χ4n) is 3.73. The summed E-state index contributed by atoms with van der Waals surface area (Å²) < 4.78 is 15.1. The highest BCUT2D eigenvalue weighted by atomic mass is 19.1. The minimum atomic E-state index is -0.265. The number of halogens is 1. The molecule has 6 heteroatoms. The van der Waals surface area contributed by atoms with Crippen molar-refractivity contribution < 1.29 is 9.18 Å². The Balaban J connectivity index is 1.70. The van der Waals surface area contributed by atoms with E-state index >= 15 is 0 Å². The number of benzene rings is 1. The van der Waals surface area contributed by atoms with Crippen molar-refractivity contribution in [3.05, 3.63) is 47.0 Å². The molecule has 25 heavy (non-hydrogen) atoms. The largest absolute Gasteiger partial charge is 0.335 e. The van der Waals surface area contributed by atoms with Gasteiger partial charge in [-0.3, -0.25) is 4.79 Å². The van der Waals surface area contributed by atoms with E-state index in [1.54, 1.807) is 12.1 Å². The lowest BCUT2D eigenvalue weighted by Gasteiger charge is -2.32.